The molecule has 0 spiro atoms. The number of hydrogen-bond acceptors (Lipinski definition) is 6. The highest BCUT2D eigenvalue weighted by molar-refractivity contribution is 8.13. The number of ether oxygens (including phenoxy) is 1. The maximum atomic E-state index is 12.1. The van der Waals surface area contributed by atoms with Gasteiger partial charge in [-0.05, 0) is 0 Å². The molecule has 0 aromatic heterocycles. The highest BCUT2D eigenvalue weighted by atomic mass is 32.2. The van der Waals surface area contributed by atoms with Crippen LogP contribution in [-0.2, 0) is 14.3 Å². The Morgan fingerprint density at radius 1 is 1.50 bits per heavy atom. The molecule has 0 aromatic carbocycles. The zero-order valence-corrected chi connectivity index (χ0v) is 12.1. The van der Waals surface area contributed by atoms with Gasteiger partial charge < -0.3 is 19.6 Å². The molecule has 2 saturated heterocycles. The number of aliphatic hydroxyl groups excluding tert-OH is 1. The third kappa shape index (κ3) is 3.24. The lowest BCUT2D eigenvalue weighted by Crippen LogP contribution is -2.42. The Labute approximate surface area is 121 Å². The Bertz CT molecular complexity index is 417. The lowest BCUT2D eigenvalue weighted by Gasteiger charge is -2.23. The van der Waals surface area contributed by atoms with Crippen molar-refractivity contribution in [3.8, 4) is 0 Å². The Hall–Kier alpha value is -1.28. The summed E-state index contributed by atoms with van der Waals surface area (Å²) in [6, 6.07) is -0.717. The van der Waals surface area contributed by atoms with Crippen LogP contribution in [0, 0.1) is 0 Å². The van der Waals surface area contributed by atoms with Crippen LogP contribution in [0.15, 0.2) is 0 Å². The summed E-state index contributed by atoms with van der Waals surface area (Å²) in [6.07, 6.45) is -0.337. The van der Waals surface area contributed by atoms with Crippen molar-refractivity contribution in [2.45, 2.75) is 25.0 Å². The Morgan fingerprint density at radius 2 is 2.25 bits per heavy atom. The van der Waals surface area contributed by atoms with Crippen LogP contribution in [0.2, 0.25) is 0 Å². The van der Waals surface area contributed by atoms with E-state index < -0.39 is 18.1 Å². The molecule has 112 valence electrons. The maximum Gasteiger partial charge on any atom is 0.328 e. The summed E-state index contributed by atoms with van der Waals surface area (Å²) in [5.41, 5.74) is 0. The molecule has 2 fully saturated rings. The zero-order chi connectivity index (χ0) is 14.7. The van der Waals surface area contributed by atoms with Crippen LogP contribution in [-0.4, -0.2) is 76.7 Å². The van der Waals surface area contributed by atoms with Gasteiger partial charge in [0, 0.05) is 38.2 Å². The number of likely N-dealkylation sites (tertiary alicyclic amines) is 1. The van der Waals surface area contributed by atoms with Gasteiger partial charge in [-0.15, -0.1) is 0 Å². The maximum absolute atomic E-state index is 12.1. The second kappa shape index (κ2) is 6.45. The fourth-order valence-electron chi connectivity index (χ4n) is 2.45. The quantitative estimate of drug-likeness (QED) is 0.716. The van der Waals surface area contributed by atoms with E-state index >= 15 is 0 Å². The second-order valence-corrected chi connectivity index (χ2v) is 5.87. The van der Waals surface area contributed by atoms with Gasteiger partial charge in [0.05, 0.1) is 13.2 Å². The molecule has 2 heterocycles. The largest absolute Gasteiger partial charge is 0.467 e. The number of hydrogen-bond donors (Lipinski definition) is 1. The van der Waals surface area contributed by atoms with Gasteiger partial charge >= 0.3 is 5.97 Å². The Morgan fingerprint density at radius 3 is 2.85 bits per heavy atom. The van der Waals surface area contributed by atoms with Crippen LogP contribution < -0.4 is 0 Å². The summed E-state index contributed by atoms with van der Waals surface area (Å²) < 4.78 is 4.65. The molecule has 0 radical (unpaired) electrons. The van der Waals surface area contributed by atoms with E-state index in [4.69, 9.17) is 0 Å². The van der Waals surface area contributed by atoms with Crippen molar-refractivity contribution in [2.24, 2.45) is 0 Å². The average Bonchev–Trinajstić information content (AvgIpc) is 3.01. The molecular weight excluding hydrogens is 284 g/mol. The van der Waals surface area contributed by atoms with Gasteiger partial charge in [0.25, 0.3) is 5.24 Å². The van der Waals surface area contributed by atoms with E-state index in [-0.39, 0.29) is 30.5 Å². The molecule has 2 aliphatic rings. The minimum atomic E-state index is -0.717. The zero-order valence-electron chi connectivity index (χ0n) is 11.3. The smallest absolute Gasteiger partial charge is 0.328 e. The summed E-state index contributed by atoms with van der Waals surface area (Å²) in [5.74, 6) is 0.00427. The molecule has 2 amide bonds. The number of β-amino-alcohol motifs (C(OH)–C–C–N with tert-alkyl or cyclic N) is 1. The van der Waals surface area contributed by atoms with Gasteiger partial charge in [0.1, 0.15) is 6.04 Å². The number of rotatable bonds is 4. The van der Waals surface area contributed by atoms with Gasteiger partial charge in [0.15, 0.2) is 0 Å². The van der Waals surface area contributed by atoms with Crippen molar-refractivity contribution in [3.05, 3.63) is 0 Å². The van der Waals surface area contributed by atoms with Crippen molar-refractivity contribution in [1.29, 1.82) is 0 Å². The Kier molecular flexibility index (Phi) is 4.87. The highest BCUT2D eigenvalue weighted by Crippen LogP contribution is 2.21. The predicted molar refractivity (Wildman–Crippen MR) is 72.2 cm³/mol. The average molecular weight is 302 g/mol. The lowest BCUT2D eigenvalue weighted by molar-refractivity contribution is -0.151. The number of methoxy groups -OCH3 is 1. The fourth-order valence-corrected chi connectivity index (χ4v) is 3.30. The van der Waals surface area contributed by atoms with Gasteiger partial charge in [-0.3, -0.25) is 9.59 Å². The molecule has 0 bridgehead atoms. The number of carbonyl (C=O) groups excluding carboxylic acids is 3. The first-order valence-corrected chi connectivity index (χ1v) is 7.48. The fraction of sp³-hybridized carbons (Fsp3) is 0.750. The number of esters is 1. The van der Waals surface area contributed by atoms with E-state index in [9.17, 15) is 19.5 Å². The summed E-state index contributed by atoms with van der Waals surface area (Å²) in [4.78, 5) is 38.1. The van der Waals surface area contributed by atoms with E-state index in [0.29, 0.717) is 13.1 Å². The summed E-state index contributed by atoms with van der Waals surface area (Å²) in [6.45, 7) is 1.15. The molecule has 7 nitrogen and oxygen atoms in total. The van der Waals surface area contributed by atoms with Crippen LogP contribution in [0.4, 0.5) is 4.79 Å². The van der Waals surface area contributed by atoms with Gasteiger partial charge in [-0.1, -0.05) is 11.8 Å². The number of carbonyl (C=O) groups is 3. The Balaban J connectivity index is 1.90. The van der Waals surface area contributed by atoms with E-state index in [0.717, 1.165) is 5.75 Å². The molecule has 2 aliphatic heterocycles. The molecule has 0 saturated carbocycles. The molecular formula is C12H18N2O5S. The SMILES string of the molecule is COC(=O)C1CC(O)CN1C(=O)CCN1CCSC1=O. The third-order valence-corrected chi connectivity index (χ3v) is 4.40. The second-order valence-electron chi connectivity index (χ2n) is 4.83. The monoisotopic (exact) mass is 302 g/mol. The molecule has 0 aromatic rings. The molecule has 2 atom stereocenters. The highest BCUT2D eigenvalue weighted by Gasteiger charge is 2.39. The van der Waals surface area contributed by atoms with Crippen molar-refractivity contribution in [1.82, 2.24) is 9.80 Å². The first-order valence-electron chi connectivity index (χ1n) is 6.50. The number of amides is 2. The lowest BCUT2D eigenvalue weighted by atomic mass is 10.2. The van der Waals surface area contributed by atoms with E-state index in [2.05, 4.69) is 4.74 Å². The van der Waals surface area contributed by atoms with Gasteiger partial charge in [0.2, 0.25) is 5.91 Å². The van der Waals surface area contributed by atoms with Crippen molar-refractivity contribution in [2.75, 3.05) is 32.5 Å². The van der Waals surface area contributed by atoms with E-state index in [1.807, 2.05) is 0 Å². The van der Waals surface area contributed by atoms with Gasteiger partial charge in [-0.25, -0.2) is 4.79 Å². The predicted octanol–water partition coefficient (Wildman–Crippen LogP) is -0.320. The summed E-state index contributed by atoms with van der Waals surface area (Å²) in [5, 5.41) is 9.61. The summed E-state index contributed by atoms with van der Waals surface area (Å²) >= 11 is 1.25. The first kappa shape index (κ1) is 15.1. The van der Waals surface area contributed by atoms with Crippen LogP contribution >= 0.6 is 11.8 Å². The molecule has 1 N–H and O–H groups in total. The van der Waals surface area contributed by atoms with Crippen molar-refractivity contribution >= 4 is 28.9 Å². The van der Waals surface area contributed by atoms with Crippen molar-refractivity contribution < 1.29 is 24.2 Å². The van der Waals surface area contributed by atoms with Crippen LogP contribution in [0.3, 0.4) is 0 Å². The summed E-state index contributed by atoms with van der Waals surface area (Å²) in [7, 11) is 1.26. The number of aliphatic hydroxyl groups is 1. The number of nitrogens with zero attached hydrogens (tertiary/aromatic N) is 2. The third-order valence-electron chi connectivity index (χ3n) is 3.51. The van der Waals surface area contributed by atoms with Crippen LogP contribution in [0.5, 0.6) is 0 Å². The molecule has 0 aliphatic carbocycles. The van der Waals surface area contributed by atoms with Crippen molar-refractivity contribution in [3.63, 3.8) is 0 Å². The molecule has 20 heavy (non-hydrogen) atoms. The number of thioether (sulfide) groups is 1. The standard InChI is InChI=1S/C12H18N2O5S/c1-19-11(17)9-6-8(15)7-14(9)10(16)2-3-13-4-5-20-12(13)18/h8-9,15H,2-7H2,1H3. The minimum Gasteiger partial charge on any atom is -0.467 e. The molecule has 8 heteroatoms. The molecule has 2 unspecified atom stereocenters. The van der Waals surface area contributed by atoms with Crippen LogP contribution in [0.1, 0.15) is 12.8 Å². The topological polar surface area (TPSA) is 87.2 Å². The first-order chi connectivity index (χ1) is 9.52. The van der Waals surface area contributed by atoms with E-state index in [1.165, 1.54) is 23.8 Å². The van der Waals surface area contributed by atoms with Crippen LogP contribution in [0.25, 0.3) is 0 Å². The minimum absolute atomic E-state index is 0.0104. The molecule has 2 rings (SSSR count). The van der Waals surface area contributed by atoms with Gasteiger partial charge in [-0.2, -0.15) is 0 Å². The normalized spacial score (nSPS) is 26.2. The van der Waals surface area contributed by atoms with E-state index in [1.54, 1.807) is 4.90 Å².